The zero-order valence-corrected chi connectivity index (χ0v) is 12.9. The Balaban J connectivity index is 1.87. The van der Waals surface area contributed by atoms with E-state index in [-0.39, 0.29) is 12.5 Å². The highest BCUT2D eigenvalue weighted by molar-refractivity contribution is 6.35. The van der Waals surface area contributed by atoms with Crippen LogP contribution in [0.15, 0.2) is 18.2 Å². The van der Waals surface area contributed by atoms with Gasteiger partial charge in [-0.1, -0.05) is 17.7 Å². The van der Waals surface area contributed by atoms with Crippen molar-refractivity contribution in [3.05, 3.63) is 28.9 Å². The first-order chi connectivity index (χ1) is 10.2. The van der Waals surface area contributed by atoms with Crippen molar-refractivity contribution in [1.82, 2.24) is 14.7 Å². The van der Waals surface area contributed by atoms with Gasteiger partial charge in [0, 0.05) is 44.6 Å². The summed E-state index contributed by atoms with van der Waals surface area (Å²) in [6, 6.07) is 5.87. The number of aliphatic hydroxyl groups excluding tert-OH is 1. The Kier molecular flexibility index (Phi) is 4.45. The molecule has 3 rings (SSSR count). The molecule has 0 aliphatic carbocycles. The van der Waals surface area contributed by atoms with Crippen molar-refractivity contribution in [2.24, 2.45) is 13.0 Å². The normalized spacial score (nSPS) is 20.8. The highest BCUT2D eigenvalue weighted by atomic mass is 35.5. The number of aromatic nitrogens is 2. The molecule has 1 aromatic heterocycles. The fourth-order valence-electron chi connectivity index (χ4n) is 2.88. The zero-order valence-electron chi connectivity index (χ0n) is 12.1. The van der Waals surface area contributed by atoms with E-state index in [2.05, 4.69) is 10.00 Å². The monoisotopic (exact) mass is 309 g/mol. The highest BCUT2D eigenvalue weighted by Crippen LogP contribution is 2.27. The molecule has 1 saturated heterocycles. The molecule has 0 saturated carbocycles. The molecule has 1 fully saturated rings. The second-order valence-corrected chi connectivity index (χ2v) is 5.97. The summed E-state index contributed by atoms with van der Waals surface area (Å²) in [5.41, 5.74) is 2.03. The fraction of sp³-hybridized carbons (Fsp3) is 0.533. The quantitative estimate of drug-likeness (QED) is 0.937. The topological polar surface area (TPSA) is 50.5 Å². The van der Waals surface area contributed by atoms with Crippen LogP contribution in [0.25, 0.3) is 10.9 Å². The maximum Gasteiger partial charge on any atom is 0.0858 e. The summed E-state index contributed by atoms with van der Waals surface area (Å²) >= 11 is 6.34. The molecule has 1 aliphatic rings. The second-order valence-electron chi connectivity index (χ2n) is 5.56. The van der Waals surface area contributed by atoms with Crippen LogP contribution < -0.4 is 0 Å². The number of halogens is 1. The lowest BCUT2D eigenvalue weighted by Gasteiger charge is -2.21. The Morgan fingerprint density at radius 3 is 3.14 bits per heavy atom. The number of aryl methyl sites for hydroxylation is 1. The van der Waals surface area contributed by atoms with Crippen molar-refractivity contribution in [3.8, 4) is 0 Å². The van der Waals surface area contributed by atoms with Crippen molar-refractivity contribution in [1.29, 1.82) is 0 Å². The molecule has 2 aromatic rings. The molecule has 2 heterocycles. The molecule has 0 amide bonds. The summed E-state index contributed by atoms with van der Waals surface area (Å²) < 4.78 is 7.40. The Morgan fingerprint density at radius 2 is 2.33 bits per heavy atom. The minimum Gasteiger partial charge on any atom is -0.396 e. The molecule has 1 aliphatic heterocycles. The van der Waals surface area contributed by atoms with E-state index in [1.807, 2.05) is 29.9 Å². The first kappa shape index (κ1) is 14.8. The molecule has 0 spiro atoms. The smallest absolute Gasteiger partial charge is 0.0858 e. The Labute approximate surface area is 129 Å². The fourth-order valence-corrected chi connectivity index (χ4v) is 3.16. The van der Waals surface area contributed by atoms with Crippen LogP contribution in [0.4, 0.5) is 0 Å². The SMILES string of the molecule is Cn1nc(CN2CCOC[C@H](CO)C2)c2c(Cl)cccc21. The van der Waals surface area contributed by atoms with E-state index < -0.39 is 0 Å². The number of nitrogens with zero attached hydrogens (tertiary/aromatic N) is 3. The van der Waals surface area contributed by atoms with Crippen LogP contribution in [0.1, 0.15) is 5.69 Å². The lowest BCUT2D eigenvalue weighted by Crippen LogP contribution is -2.31. The largest absolute Gasteiger partial charge is 0.396 e. The van der Waals surface area contributed by atoms with E-state index in [1.54, 1.807) is 0 Å². The van der Waals surface area contributed by atoms with Crippen LogP contribution in [-0.2, 0) is 18.3 Å². The minimum absolute atomic E-state index is 0.153. The summed E-state index contributed by atoms with van der Waals surface area (Å²) in [4.78, 5) is 2.28. The predicted molar refractivity (Wildman–Crippen MR) is 82.4 cm³/mol. The van der Waals surface area contributed by atoms with Crippen molar-refractivity contribution in [2.75, 3.05) is 32.9 Å². The van der Waals surface area contributed by atoms with Crippen LogP contribution in [0.5, 0.6) is 0 Å². The second kappa shape index (κ2) is 6.32. The van der Waals surface area contributed by atoms with Crippen molar-refractivity contribution in [3.63, 3.8) is 0 Å². The molecule has 114 valence electrons. The molecule has 0 radical (unpaired) electrons. The average molecular weight is 310 g/mol. The van der Waals surface area contributed by atoms with Crippen LogP contribution >= 0.6 is 11.6 Å². The maximum absolute atomic E-state index is 9.37. The van der Waals surface area contributed by atoms with Crippen LogP contribution in [0, 0.1) is 5.92 Å². The summed E-state index contributed by atoms with van der Waals surface area (Å²) in [6.07, 6.45) is 0. The number of hydrogen-bond donors (Lipinski definition) is 1. The minimum atomic E-state index is 0.153. The van der Waals surface area contributed by atoms with Gasteiger partial charge in [0.15, 0.2) is 0 Å². The first-order valence-corrected chi connectivity index (χ1v) is 7.58. The molecule has 21 heavy (non-hydrogen) atoms. The third kappa shape index (κ3) is 3.06. The summed E-state index contributed by atoms with van der Waals surface area (Å²) in [5, 5.41) is 15.7. The van der Waals surface area contributed by atoms with Crippen LogP contribution in [0.2, 0.25) is 5.02 Å². The first-order valence-electron chi connectivity index (χ1n) is 7.20. The average Bonchev–Trinajstić information content (AvgIpc) is 2.66. The van der Waals surface area contributed by atoms with E-state index in [1.165, 1.54) is 0 Å². The van der Waals surface area contributed by atoms with Gasteiger partial charge >= 0.3 is 0 Å². The zero-order chi connectivity index (χ0) is 14.8. The molecule has 6 heteroatoms. The lowest BCUT2D eigenvalue weighted by atomic mass is 10.1. The van der Waals surface area contributed by atoms with Gasteiger partial charge in [-0.15, -0.1) is 0 Å². The van der Waals surface area contributed by atoms with Gasteiger partial charge in [0.25, 0.3) is 0 Å². The molecular formula is C15H20ClN3O2. The number of ether oxygens (including phenoxy) is 1. The number of benzene rings is 1. The van der Waals surface area contributed by atoms with Crippen molar-refractivity contribution >= 4 is 22.5 Å². The van der Waals surface area contributed by atoms with E-state index in [9.17, 15) is 5.11 Å². The summed E-state index contributed by atoms with van der Waals surface area (Å²) in [5.74, 6) is 0.165. The van der Waals surface area contributed by atoms with Crippen molar-refractivity contribution < 1.29 is 9.84 Å². The van der Waals surface area contributed by atoms with E-state index >= 15 is 0 Å². The van der Waals surface area contributed by atoms with Gasteiger partial charge in [-0.05, 0) is 12.1 Å². The lowest BCUT2D eigenvalue weighted by molar-refractivity contribution is 0.0958. The molecule has 1 aromatic carbocycles. The number of hydrogen-bond acceptors (Lipinski definition) is 4. The van der Waals surface area contributed by atoms with Crippen molar-refractivity contribution in [2.45, 2.75) is 6.54 Å². The predicted octanol–water partition coefficient (Wildman–Crippen LogP) is 1.67. The van der Waals surface area contributed by atoms with Gasteiger partial charge in [0.1, 0.15) is 0 Å². The molecule has 1 atom stereocenters. The van der Waals surface area contributed by atoms with Gasteiger partial charge in [0.2, 0.25) is 0 Å². The summed E-state index contributed by atoms with van der Waals surface area (Å²) in [6.45, 7) is 3.85. The molecule has 1 N–H and O–H groups in total. The van der Waals surface area contributed by atoms with Gasteiger partial charge in [-0.2, -0.15) is 5.10 Å². The van der Waals surface area contributed by atoms with Gasteiger partial charge in [-0.25, -0.2) is 0 Å². The molecular weight excluding hydrogens is 290 g/mol. The highest BCUT2D eigenvalue weighted by Gasteiger charge is 2.20. The van der Waals surface area contributed by atoms with Crippen LogP contribution in [0.3, 0.4) is 0 Å². The standard InChI is InChI=1S/C15H20ClN3O2/c1-18-14-4-2-3-12(16)15(14)13(17-18)8-19-5-6-21-10-11(7-19)9-20/h2-4,11,20H,5-10H2,1H3/t11-/m0/s1. The molecule has 0 unspecified atom stereocenters. The Hall–Kier alpha value is -1.14. The van der Waals surface area contributed by atoms with Gasteiger partial charge in [0.05, 0.1) is 29.4 Å². The Bertz CT molecular complexity index is 629. The third-order valence-electron chi connectivity index (χ3n) is 3.95. The molecule has 5 nitrogen and oxygen atoms in total. The number of fused-ring (bicyclic) bond motifs is 1. The van der Waals surface area contributed by atoms with Crippen LogP contribution in [-0.4, -0.2) is 52.7 Å². The third-order valence-corrected chi connectivity index (χ3v) is 4.27. The maximum atomic E-state index is 9.37. The summed E-state index contributed by atoms with van der Waals surface area (Å²) in [7, 11) is 1.93. The van der Waals surface area contributed by atoms with Gasteiger partial charge in [-0.3, -0.25) is 9.58 Å². The van der Waals surface area contributed by atoms with E-state index in [0.29, 0.717) is 13.2 Å². The van der Waals surface area contributed by atoms with E-state index in [4.69, 9.17) is 16.3 Å². The number of aliphatic hydroxyl groups is 1. The van der Waals surface area contributed by atoms with E-state index in [0.717, 1.165) is 41.3 Å². The Morgan fingerprint density at radius 1 is 1.48 bits per heavy atom. The number of rotatable bonds is 3. The van der Waals surface area contributed by atoms with Gasteiger partial charge < -0.3 is 9.84 Å². The molecule has 0 bridgehead atoms.